The van der Waals surface area contributed by atoms with Crippen molar-refractivity contribution in [1.82, 2.24) is 18.7 Å². The molecule has 32 heavy (non-hydrogen) atoms. The first-order valence-corrected chi connectivity index (χ1v) is 11.0. The van der Waals surface area contributed by atoms with E-state index in [1.54, 1.807) is 19.2 Å². The summed E-state index contributed by atoms with van der Waals surface area (Å²) in [6.07, 6.45) is 0.877. The number of benzene rings is 2. The van der Waals surface area contributed by atoms with Crippen LogP contribution in [0.3, 0.4) is 0 Å². The normalized spacial score (nSPS) is 13.6. The summed E-state index contributed by atoms with van der Waals surface area (Å²) < 4.78 is 4.68. The number of hydrogen-bond acceptors (Lipinski definition) is 4. The molecular formula is C24H24ClN5O2. The van der Waals surface area contributed by atoms with Gasteiger partial charge >= 0.3 is 5.69 Å². The Bertz CT molecular complexity index is 1480. The molecular weight excluding hydrogens is 426 g/mol. The molecule has 0 saturated carbocycles. The fraction of sp³-hybridized carbons (Fsp3) is 0.292. The Balaban J connectivity index is 1.71. The number of aromatic nitrogens is 4. The highest BCUT2D eigenvalue weighted by Gasteiger charge is 2.27. The maximum absolute atomic E-state index is 13.5. The van der Waals surface area contributed by atoms with Crippen LogP contribution in [0, 0.1) is 13.8 Å². The van der Waals surface area contributed by atoms with Gasteiger partial charge in [-0.15, -0.1) is 0 Å². The Hall–Kier alpha value is -3.32. The van der Waals surface area contributed by atoms with Gasteiger partial charge in [-0.1, -0.05) is 41.4 Å². The zero-order chi connectivity index (χ0) is 22.6. The van der Waals surface area contributed by atoms with E-state index in [2.05, 4.69) is 36.9 Å². The van der Waals surface area contributed by atoms with Crippen LogP contribution in [-0.2, 0) is 20.1 Å². The van der Waals surface area contributed by atoms with Gasteiger partial charge in [0.25, 0.3) is 5.56 Å². The van der Waals surface area contributed by atoms with Crippen molar-refractivity contribution in [3.63, 3.8) is 0 Å². The maximum Gasteiger partial charge on any atom is 0.332 e. The lowest BCUT2D eigenvalue weighted by Gasteiger charge is -2.30. The van der Waals surface area contributed by atoms with Gasteiger partial charge in [-0.2, -0.15) is 4.98 Å². The van der Waals surface area contributed by atoms with Crippen LogP contribution in [0.25, 0.3) is 11.2 Å². The van der Waals surface area contributed by atoms with E-state index in [9.17, 15) is 9.59 Å². The molecule has 1 aliphatic heterocycles. The Morgan fingerprint density at radius 2 is 1.88 bits per heavy atom. The first-order chi connectivity index (χ1) is 15.3. The smallest absolute Gasteiger partial charge is 0.312 e. The van der Waals surface area contributed by atoms with Crippen LogP contribution in [0.2, 0.25) is 5.02 Å². The molecule has 4 aromatic rings. The molecule has 0 atom stereocenters. The minimum atomic E-state index is -0.393. The van der Waals surface area contributed by atoms with Gasteiger partial charge < -0.3 is 9.47 Å². The second-order valence-electron chi connectivity index (χ2n) is 8.39. The minimum absolute atomic E-state index is 0.156. The summed E-state index contributed by atoms with van der Waals surface area (Å²) in [6.45, 7) is 5.79. The minimum Gasteiger partial charge on any atom is -0.312 e. The first-order valence-electron chi connectivity index (χ1n) is 10.6. The fourth-order valence-corrected chi connectivity index (χ4v) is 4.77. The van der Waals surface area contributed by atoms with E-state index in [4.69, 9.17) is 16.6 Å². The number of aryl methyl sites for hydroxylation is 4. The molecule has 2 aromatic heterocycles. The van der Waals surface area contributed by atoms with Gasteiger partial charge in [-0.25, -0.2) is 4.79 Å². The van der Waals surface area contributed by atoms with E-state index in [1.807, 2.05) is 16.7 Å². The number of nitrogens with zero attached hydrogens (tertiary/aromatic N) is 5. The molecule has 0 saturated heterocycles. The first kappa shape index (κ1) is 20.6. The molecule has 0 N–H and O–H groups in total. The Kier molecular flexibility index (Phi) is 4.93. The highest BCUT2D eigenvalue weighted by atomic mass is 35.5. The van der Waals surface area contributed by atoms with Gasteiger partial charge in [-0.05, 0) is 49.6 Å². The van der Waals surface area contributed by atoms with Gasteiger partial charge in [0.15, 0.2) is 11.2 Å². The largest absolute Gasteiger partial charge is 0.332 e. The third-order valence-corrected chi connectivity index (χ3v) is 6.33. The topological polar surface area (TPSA) is 65.1 Å². The van der Waals surface area contributed by atoms with Gasteiger partial charge in [0.1, 0.15) is 0 Å². The van der Waals surface area contributed by atoms with Crippen molar-refractivity contribution < 1.29 is 0 Å². The molecule has 7 nitrogen and oxygen atoms in total. The van der Waals surface area contributed by atoms with Crippen molar-refractivity contribution in [2.24, 2.45) is 7.05 Å². The van der Waals surface area contributed by atoms with Crippen LogP contribution in [0.4, 0.5) is 11.6 Å². The van der Waals surface area contributed by atoms with Crippen LogP contribution < -0.4 is 16.1 Å². The summed E-state index contributed by atoms with van der Waals surface area (Å²) in [5, 5.41) is 0.569. The standard InChI is InChI=1S/C24H24ClN5O2/c1-15-8-9-19(16(2)12-15)28-10-5-11-29-20-21(26-23(28)29)27(3)24(32)30(22(20)31)14-17-6-4-7-18(25)13-17/h4,6-9,12-13H,5,10-11,14H2,1-3H3. The lowest BCUT2D eigenvalue weighted by molar-refractivity contribution is 0.597. The number of anilines is 2. The average Bonchev–Trinajstić information content (AvgIpc) is 3.16. The molecule has 0 bridgehead atoms. The fourth-order valence-electron chi connectivity index (χ4n) is 4.56. The second kappa shape index (κ2) is 7.67. The van der Waals surface area contributed by atoms with Gasteiger partial charge in [0, 0.05) is 30.8 Å². The van der Waals surface area contributed by atoms with Crippen molar-refractivity contribution in [3.8, 4) is 0 Å². The van der Waals surface area contributed by atoms with Gasteiger partial charge in [0.2, 0.25) is 5.95 Å². The summed E-state index contributed by atoms with van der Waals surface area (Å²) in [5.74, 6) is 0.700. The third-order valence-electron chi connectivity index (χ3n) is 6.09. The number of hydrogen-bond donors (Lipinski definition) is 0. The number of fused-ring (bicyclic) bond motifs is 3. The number of rotatable bonds is 3. The summed E-state index contributed by atoms with van der Waals surface area (Å²) in [7, 11) is 1.67. The Morgan fingerprint density at radius 1 is 1.06 bits per heavy atom. The van der Waals surface area contributed by atoms with E-state index in [-0.39, 0.29) is 12.1 Å². The lowest BCUT2D eigenvalue weighted by atomic mass is 10.1. The molecule has 8 heteroatoms. The third kappa shape index (κ3) is 3.24. The second-order valence-corrected chi connectivity index (χ2v) is 8.83. The highest BCUT2D eigenvalue weighted by molar-refractivity contribution is 6.30. The molecule has 1 aliphatic rings. The van der Waals surface area contributed by atoms with E-state index in [0.29, 0.717) is 28.7 Å². The summed E-state index contributed by atoms with van der Waals surface area (Å²) in [5.41, 5.74) is 4.36. The monoisotopic (exact) mass is 449 g/mol. The summed E-state index contributed by atoms with van der Waals surface area (Å²) in [6, 6.07) is 13.5. The predicted octanol–water partition coefficient (Wildman–Crippen LogP) is 3.76. The van der Waals surface area contributed by atoms with Crippen molar-refractivity contribution in [1.29, 1.82) is 0 Å². The molecule has 164 valence electrons. The summed E-state index contributed by atoms with van der Waals surface area (Å²) >= 11 is 6.10. The zero-order valence-corrected chi connectivity index (χ0v) is 19.1. The molecule has 0 radical (unpaired) electrons. The molecule has 0 aliphatic carbocycles. The molecule has 5 rings (SSSR count). The van der Waals surface area contributed by atoms with Crippen LogP contribution in [0.5, 0.6) is 0 Å². The Morgan fingerprint density at radius 3 is 2.62 bits per heavy atom. The lowest BCUT2D eigenvalue weighted by Crippen LogP contribution is -2.40. The van der Waals surface area contributed by atoms with Crippen LogP contribution in [-0.4, -0.2) is 25.2 Å². The quantitative estimate of drug-likeness (QED) is 0.477. The number of imidazole rings is 1. The van der Waals surface area contributed by atoms with Crippen molar-refractivity contribution >= 4 is 34.4 Å². The molecule has 0 unspecified atom stereocenters. The zero-order valence-electron chi connectivity index (χ0n) is 18.3. The average molecular weight is 450 g/mol. The molecule has 0 fully saturated rings. The van der Waals surface area contributed by atoms with Crippen molar-refractivity contribution in [2.45, 2.75) is 33.4 Å². The molecule has 3 heterocycles. The predicted molar refractivity (Wildman–Crippen MR) is 127 cm³/mol. The van der Waals surface area contributed by atoms with Crippen molar-refractivity contribution in [2.75, 3.05) is 11.4 Å². The van der Waals surface area contributed by atoms with E-state index in [1.165, 1.54) is 14.7 Å². The van der Waals surface area contributed by atoms with Crippen LogP contribution in [0.1, 0.15) is 23.1 Å². The van der Waals surface area contributed by atoms with Crippen molar-refractivity contribution in [3.05, 3.63) is 85.0 Å². The highest BCUT2D eigenvalue weighted by Crippen LogP contribution is 2.33. The van der Waals surface area contributed by atoms with Gasteiger partial charge in [0.05, 0.1) is 6.54 Å². The molecule has 0 amide bonds. The maximum atomic E-state index is 13.5. The molecule has 0 spiro atoms. The van der Waals surface area contributed by atoms with Gasteiger partial charge in [-0.3, -0.25) is 13.9 Å². The number of halogens is 1. The Labute approximate surface area is 190 Å². The van der Waals surface area contributed by atoms with E-state index < -0.39 is 5.69 Å². The van der Waals surface area contributed by atoms with Crippen LogP contribution in [0.15, 0.2) is 52.1 Å². The van der Waals surface area contributed by atoms with E-state index in [0.717, 1.165) is 29.8 Å². The molecule has 2 aromatic carbocycles. The van der Waals surface area contributed by atoms with Crippen LogP contribution >= 0.6 is 11.6 Å². The summed E-state index contributed by atoms with van der Waals surface area (Å²) in [4.78, 5) is 33.5. The van der Waals surface area contributed by atoms with E-state index >= 15 is 0 Å². The SMILES string of the molecule is Cc1ccc(N2CCCn3c2nc2c3c(=O)n(Cc3cccc(Cl)c3)c(=O)n2C)c(C)c1.